The SMILES string of the molecule is CCNC(=NCc1ccco1)NCCC(=O)NC1CCCCC1. The number of nitrogens with zero attached hydrogens (tertiary/aromatic N) is 1. The predicted molar refractivity (Wildman–Crippen MR) is 91.2 cm³/mol. The van der Waals surface area contributed by atoms with Crippen molar-refractivity contribution in [3.63, 3.8) is 0 Å². The van der Waals surface area contributed by atoms with Crippen LogP contribution in [0.1, 0.15) is 51.2 Å². The standard InChI is InChI=1S/C17H28N4O2/c1-2-18-17(20-13-15-9-6-12-23-15)19-11-10-16(22)21-14-7-4-3-5-8-14/h6,9,12,14H,2-5,7-8,10-11,13H2,1H3,(H,21,22)(H2,18,19,20). The van der Waals surface area contributed by atoms with Crippen molar-refractivity contribution in [3.8, 4) is 0 Å². The fraction of sp³-hybridized carbons (Fsp3) is 0.647. The second-order valence-electron chi connectivity index (χ2n) is 5.85. The van der Waals surface area contributed by atoms with Gasteiger partial charge in [-0.05, 0) is 31.9 Å². The first-order valence-corrected chi connectivity index (χ1v) is 8.62. The van der Waals surface area contributed by atoms with Crippen molar-refractivity contribution in [1.29, 1.82) is 0 Å². The fourth-order valence-corrected chi connectivity index (χ4v) is 2.74. The van der Waals surface area contributed by atoms with Crippen molar-refractivity contribution in [2.75, 3.05) is 13.1 Å². The van der Waals surface area contributed by atoms with Crippen molar-refractivity contribution < 1.29 is 9.21 Å². The maximum absolute atomic E-state index is 12.0. The van der Waals surface area contributed by atoms with Crippen LogP contribution in [0.4, 0.5) is 0 Å². The third-order valence-electron chi connectivity index (χ3n) is 3.93. The maximum atomic E-state index is 12.0. The molecule has 1 aliphatic rings. The molecule has 0 saturated heterocycles. The number of hydrogen-bond donors (Lipinski definition) is 3. The van der Waals surface area contributed by atoms with Crippen LogP contribution in [0.2, 0.25) is 0 Å². The Labute approximate surface area is 138 Å². The fourth-order valence-electron chi connectivity index (χ4n) is 2.74. The molecule has 1 fully saturated rings. The van der Waals surface area contributed by atoms with Gasteiger partial charge < -0.3 is 20.4 Å². The molecule has 1 heterocycles. The number of carbonyl (C=O) groups is 1. The number of rotatable bonds is 7. The van der Waals surface area contributed by atoms with Crippen LogP contribution >= 0.6 is 0 Å². The molecule has 2 rings (SSSR count). The largest absolute Gasteiger partial charge is 0.467 e. The van der Waals surface area contributed by atoms with Gasteiger partial charge in [0.25, 0.3) is 0 Å². The van der Waals surface area contributed by atoms with Gasteiger partial charge in [0.2, 0.25) is 5.91 Å². The monoisotopic (exact) mass is 320 g/mol. The maximum Gasteiger partial charge on any atom is 0.221 e. The number of nitrogens with one attached hydrogen (secondary N) is 3. The molecule has 3 N–H and O–H groups in total. The molecular formula is C17H28N4O2. The van der Waals surface area contributed by atoms with Gasteiger partial charge in [0.05, 0.1) is 6.26 Å². The highest BCUT2D eigenvalue weighted by Crippen LogP contribution is 2.17. The number of hydrogen-bond acceptors (Lipinski definition) is 3. The summed E-state index contributed by atoms with van der Waals surface area (Å²) in [5, 5.41) is 9.48. The van der Waals surface area contributed by atoms with Gasteiger partial charge in [0.1, 0.15) is 12.3 Å². The number of aliphatic imine (C=N–C) groups is 1. The lowest BCUT2D eigenvalue weighted by molar-refractivity contribution is -0.121. The van der Waals surface area contributed by atoms with Gasteiger partial charge in [-0.2, -0.15) is 0 Å². The Hall–Kier alpha value is -1.98. The van der Waals surface area contributed by atoms with Crippen molar-refractivity contribution in [3.05, 3.63) is 24.2 Å². The van der Waals surface area contributed by atoms with Gasteiger partial charge in [-0.25, -0.2) is 4.99 Å². The third-order valence-corrected chi connectivity index (χ3v) is 3.93. The van der Waals surface area contributed by atoms with Crippen molar-refractivity contribution in [1.82, 2.24) is 16.0 Å². The molecule has 1 aromatic rings. The van der Waals surface area contributed by atoms with E-state index in [4.69, 9.17) is 4.42 Å². The number of furan rings is 1. The van der Waals surface area contributed by atoms with E-state index < -0.39 is 0 Å². The van der Waals surface area contributed by atoms with E-state index in [-0.39, 0.29) is 5.91 Å². The van der Waals surface area contributed by atoms with Crippen molar-refractivity contribution in [2.24, 2.45) is 4.99 Å². The zero-order chi connectivity index (χ0) is 16.3. The van der Waals surface area contributed by atoms with Crippen LogP contribution in [0.3, 0.4) is 0 Å². The molecule has 1 aliphatic carbocycles. The lowest BCUT2D eigenvalue weighted by Gasteiger charge is -2.22. The van der Waals surface area contributed by atoms with Crippen molar-refractivity contribution >= 4 is 11.9 Å². The Kier molecular flexibility index (Phi) is 7.49. The molecule has 6 nitrogen and oxygen atoms in total. The van der Waals surface area contributed by atoms with Gasteiger partial charge >= 0.3 is 0 Å². The summed E-state index contributed by atoms with van der Waals surface area (Å²) in [6.07, 6.45) is 8.09. The van der Waals surface area contributed by atoms with E-state index in [1.807, 2.05) is 19.1 Å². The number of carbonyl (C=O) groups excluding carboxylic acids is 1. The van der Waals surface area contributed by atoms with E-state index in [1.54, 1.807) is 6.26 Å². The summed E-state index contributed by atoms with van der Waals surface area (Å²) in [5.74, 6) is 1.64. The molecule has 1 saturated carbocycles. The zero-order valence-electron chi connectivity index (χ0n) is 13.9. The first kappa shape index (κ1) is 17.4. The molecule has 6 heteroatoms. The van der Waals surface area contributed by atoms with E-state index in [2.05, 4.69) is 20.9 Å². The Morgan fingerprint density at radius 1 is 1.30 bits per heavy atom. The summed E-state index contributed by atoms with van der Waals surface area (Å²) >= 11 is 0. The lowest BCUT2D eigenvalue weighted by Crippen LogP contribution is -2.41. The number of guanidine groups is 1. The molecule has 0 aliphatic heterocycles. The smallest absolute Gasteiger partial charge is 0.221 e. The predicted octanol–water partition coefficient (Wildman–Crippen LogP) is 2.17. The molecule has 0 aromatic carbocycles. The Morgan fingerprint density at radius 2 is 2.13 bits per heavy atom. The van der Waals surface area contributed by atoms with E-state index in [1.165, 1.54) is 19.3 Å². The molecule has 0 atom stereocenters. The Morgan fingerprint density at radius 3 is 2.83 bits per heavy atom. The summed E-state index contributed by atoms with van der Waals surface area (Å²) in [5.41, 5.74) is 0. The molecule has 0 radical (unpaired) electrons. The second-order valence-corrected chi connectivity index (χ2v) is 5.85. The average Bonchev–Trinajstić information content (AvgIpc) is 3.07. The minimum absolute atomic E-state index is 0.117. The zero-order valence-corrected chi connectivity index (χ0v) is 13.9. The molecule has 1 amide bonds. The van der Waals surface area contributed by atoms with E-state index in [9.17, 15) is 4.79 Å². The summed E-state index contributed by atoms with van der Waals surface area (Å²) < 4.78 is 5.26. The highest BCUT2D eigenvalue weighted by atomic mass is 16.3. The lowest BCUT2D eigenvalue weighted by atomic mass is 9.95. The molecule has 0 bridgehead atoms. The van der Waals surface area contributed by atoms with Crippen LogP contribution in [0.25, 0.3) is 0 Å². The molecule has 0 unspecified atom stereocenters. The summed E-state index contributed by atoms with van der Waals surface area (Å²) in [4.78, 5) is 16.4. The van der Waals surface area contributed by atoms with Crippen LogP contribution in [0.15, 0.2) is 27.8 Å². The minimum atomic E-state index is 0.117. The van der Waals surface area contributed by atoms with Gasteiger partial charge in [-0.15, -0.1) is 0 Å². The summed E-state index contributed by atoms with van der Waals surface area (Å²) in [7, 11) is 0. The molecule has 1 aromatic heterocycles. The van der Waals surface area contributed by atoms with Gasteiger partial charge in [0.15, 0.2) is 5.96 Å². The average molecular weight is 320 g/mol. The molecular weight excluding hydrogens is 292 g/mol. The quantitative estimate of drug-likeness (QED) is 0.531. The summed E-state index contributed by atoms with van der Waals surface area (Å²) in [6.45, 7) is 3.84. The number of amides is 1. The van der Waals surface area contributed by atoms with E-state index in [0.29, 0.717) is 31.5 Å². The first-order valence-electron chi connectivity index (χ1n) is 8.62. The van der Waals surface area contributed by atoms with Crippen LogP contribution in [-0.2, 0) is 11.3 Å². The van der Waals surface area contributed by atoms with Crippen LogP contribution in [0, 0.1) is 0 Å². The molecule has 128 valence electrons. The van der Waals surface area contributed by atoms with Crippen LogP contribution in [-0.4, -0.2) is 31.0 Å². The molecule has 0 spiro atoms. The van der Waals surface area contributed by atoms with Crippen LogP contribution < -0.4 is 16.0 Å². The minimum Gasteiger partial charge on any atom is -0.467 e. The highest BCUT2D eigenvalue weighted by Gasteiger charge is 2.15. The normalized spacial score (nSPS) is 16.1. The first-order chi connectivity index (χ1) is 11.3. The van der Waals surface area contributed by atoms with Gasteiger partial charge in [-0.3, -0.25) is 4.79 Å². The topological polar surface area (TPSA) is 78.7 Å². The summed E-state index contributed by atoms with van der Waals surface area (Å²) in [6, 6.07) is 4.11. The highest BCUT2D eigenvalue weighted by molar-refractivity contribution is 5.81. The van der Waals surface area contributed by atoms with Crippen LogP contribution in [0.5, 0.6) is 0 Å². The van der Waals surface area contributed by atoms with Gasteiger partial charge in [-0.1, -0.05) is 19.3 Å². The molecule has 23 heavy (non-hydrogen) atoms. The van der Waals surface area contributed by atoms with E-state index in [0.717, 1.165) is 25.1 Å². The van der Waals surface area contributed by atoms with E-state index >= 15 is 0 Å². The van der Waals surface area contributed by atoms with Crippen molar-refractivity contribution in [2.45, 2.75) is 58.0 Å². The Balaban J connectivity index is 1.68. The Bertz CT molecular complexity index is 479. The second kappa shape index (κ2) is 9.92. The van der Waals surface area contributed by atoms with Gasteiger partial charge in [0, 0.05) is 25.6 Å². The third kappa shape index (κ3) is 6.76.